The van der Waals surface area contributed by atoms with Gasteiger partial charge in [-0.25, -0.2) is 4.79 Å². The fourth-order valence-electron chi connectivity index (χ4n) is 4.55. The van der Waals surface area contributed by atoms with Gasteiger partial charge in [0.25, 0.3) is 0 Å². The van der Waals surface area contributed by atoms with Crippen molar-refractivity contribution < 1.29 is 53.4 Å². The Morgan fingerprint density at radius 1 is 0.950 bits per heavy atom. The second kappa shape index (κ2) is 10.1. The van der Waals surface area contributed by atoms with Gasteiger partial charge in [-0.1, -0.05) is 6.07 Å². The molecule has 0 bridgehead atoms. The second-order valence-electron chi connectivity index (χ2n) is 8.83. The summed E-state index contributed by atoms with van der Waals surface area (Å²) in [4.78, 5) is 37.5. The molecule has 12 nitrogen and oxygen atoms in total. The van der Waals surface area contributed by atoms with Gasteiger partial charge in [-0.15, -0.1) is 0 Å². The average molecular weight is 550 g/mol. The molecule has 12 heteroatoms. The highest BCUT2D eigenvalue weighted by Crippen LogP contribution is 2.48. The number of benzene rings is 3. The SMILES string of the molecule is COC(=O)COc1cc([C@@H]2CC(=O)Oc3cc(O)c4c(=O)c(O)c(-c5ccc(O)c(O)c5)oc4c32)ccc1OC. The Kier molecular flexibility index (Phi) is 6.59. The average Bonchev–Trinajstić information content (AvgIpc) is 2.94. The van der Waals surface area contributed by atoms with Gasteiger partial charge in [0, 0.05) is 23.1 Å². The molecule has 0 spiro atoms. The Labute approximate surface area is 225 Å². The van der Waals surface area contributed by atoms with Crippen molar-refractivity contribution in [3.8, 4) is 51.6 Å². The van der Waals surface area contributed by atoms with E-state index in [1.165, 1.54) is 20.3 Å². The van der Waals surface area contributed by atoms with E-state index in [1.54, 1.807) is 18.2 Å². The molecule has 1 aromatic heterocycles. The first-order valence-electron chi connectivity index (χ1n) is 11.8. The number of carbonyl (C=O) groups is 2. The number of phenolic OH excluding ortho intramolecular Hbond substituents is 3. The number of ether oxygens (including phenoxy) is 4. The molecule has 1 aliphatic rings. The topological polar surface area (TPSA) is 182 Å². The van der Waals surface area contributed by atoms with E-state index in [2.05, 4.69) is 4.74 Å². The van der Waals surface area contributed by atoms with Crippen molar-refractivity contribution >= 4 is 22.9 Å². The Balaban J connectivity index is 1.74. The molecule has 0 saturated heterocycles. The molecule has 0 saturated carbocycles. The van der Waals surface area contributed by atoms with Gasteiger partial charge in [0.1, 0.15) is 22.5 Å². The number of rotatable bonds is 6. The summed E-state index contributed by atoms with van der Waals surface area (Å²) >= 11 is 0. The molecule has 40 heavy (non-hydrogen) atoms. The molecule has 4 aromatic rings. The Morgan fingerprint density at radius 2 is 1.73 bits per heavy atom. The van der Waals surface area contributed by atoms with E-state index in [-0.39, 0.29) is 45.8 Å². The molecule has 1 atom stereocenters. The first kappa shape index (κ1) is 26.2. The van der Waals surface area contributed by atoms with E-state index in [4.69, 9.17) is 18.6 Å². The van der Waals surface area contributed by atoms with Crippen LogP contribution in [-0.2, 0) is 14.3 Å². The highest BCUT2D eigenvalue weighted by Gasteiger charge is 2.35. The number of aromatic hydroxyl groups is 4. The van der Waals surface area contributed by atoms with Crippen molar-refractivity contribution in [3.63, 3.8) is 0 Å². The number of hydrogen-bond acceptors (Lipinski definition) is 12. The van der Waals surface area contributed by atoms with Crippen molar-refractivity contribution in [1.29, 1.82) is 0 Å². The van der Waals surface area contributed by atoms with Crippen LogP contribution < -0.4 is 19.6 Å². The fraction of sp³-hybridized carbons (Fsp3) is 0.179. The molecule has 0 radical (unpaired) electrons. The third kappa shape index (κ3) is 4.45. The Morgan fingerprint density at radius 3 is 2.42 bits per heavy atom. The van der Waals surface area contributed by atoms with Crippen LogP contribution in [-0.4, -0.2) is 53.2 Å². The maximum atomic E-state index is 13.2. The summed E-state index contributed by atoms with van der Waals surface area (Å²) in [5.74, 6) is -4.41. The lowest BCUT2D eigenvalue weighted by atomic mass is 9.85. The van der Waals surface area contributed by atoms with Crippen molar-refractivity contribution in [3.05, 3.63) is 63.8 Å². The van der Waals surface area contributed by atoms with Crippen LogP contribution in [0.2, 0.25) is 0 Å². The summed E-state index contributed by atoms with van der Waals surface area (Å²) in [5.41, 5.74) is -0.388. The summed E-state index contributed by atoms with van der Waals surface area (Å²) in [7, 11) is 2.62. The van der Waals surface area contributed by atoms with Crippen LogP contribution >= 0.6 is 0 Å². The summed E-state index contributed by atoms with van der Waals surface area (Å²) in [6.07, 6.45) is -0.199. The number of phenols is 3. The number of esters is 2. The maximum Gasteiger partial charge on any atom is 0.343 e. The molecule has 0 amide bonds. The van der Waals surface area contributed by atoms with Gasteiger partial charge in [-0.2, -0.15) is 0 Å². The van der Waals surface area contributed by atoms with E-state index in [0.717, 1.165) is 18.2 Å². The third-order valence-electron chi connectivity index (χ3n) is 6.47. The van der Waals surface area contributed by atoms with E-state index in [0.29, 0.717) is 11.3 Å². The fourth-order valence-corrected chi connectivity index (χ4v) is 4.55. The molecular weight excluding hydrogens is 528 g/mol. The first-order chi connectivity index (χ1) is 19.1. The minimum Gasteiger partial charge on any atom is -0.507 e. The smallest absolute Gasteiger partial charge is 0.343 e. The summed E-state index contributed by atoms with van der Waals surface area (Å²) in [6, 6.07) is 9.38. The quantitative estimate of drug-likeness (QED) is 0.156. The highest BCUT2D eigenvalue weighted by atomic mass is 16.6. The van der Waals surface area contributed by atoms with E-state index >= 15 is 0 Å². The lowest BCUT2D eigenvalue weighted by Crippen LogP contribution is -2.22. The van der Waals surface area contributed by atoms with E-state index in [9.17, 15) is 34.8 Å². The number of carbonyl (C=O) groups excluding carboxylic acids is 2. The normalized spacial score (nSPS) is 14.3. The third-order valence-corrected chi connectivity index (χ3v) is 6.47. The van der Waals surface area contributed by atoms with Crippen LogP contribution in [0.3, 0.4) is 0 Å². The predicted molar refractivity (Wildman–Crippen MR) is 137 cm³/mol. The number of fused-ring (bicyclic) bond motifs is 3. The minimum absolute atomic E-state index is 0.0520. The van der Waals surface area contributed by atoms with Crippen molar-refractivity contribution in [2.24, 2.45) is 0 Å². The largest absolute Gasteiger partial charge is 0.507 e. The van der Waals surface area contributed by atoms with Crippen LogP contribution in [0.5, 0.6) is 40.2 Å². The highest BCUT2D eigenvalue weighted by molar-refractivity contribution is 5.94. The van der Waals surface area contributed by atoms with Crippen molar-refractivity contribution in [2.75, 3.05) is 20.8 Å². The lowest BCUT2D eigenvalue weighted by Gasteiger charge is -2.26. The van der Waals surface area contributed by atoms with Crippen LogP contribution in [0, 0.1) is 0 Å². The molecule has 0 aliphatic carbocycles. The maximum absolute atomic E-state index is 13.2. The van der Waals surface area contributed by atoms with Gasteiger partial charge in [0.05, 0.1) is 20.6 Å². The molecule has 0 unspecified atom stereocenters. The summed E-state index contributed by atoms with van der Waals surface area (Å²) in [5, 5.41) is 40.6. The zero-order valence-electron chi connectivity index (χ0n) is 21.1. The molecule has 5 rings (SSSR count). The minimum atomic E-state index is -0.975. The van der Waals surface area contributed by atoms with Gasteiger partial charge >= 0.3 is 11.9 Å². The van der Waals surface area contributed by atoms with E-state index in [1.807, 2.05) is 0 Å². The molecular formula is C28H22O12. The van der Waals surface area contributed by atoms with Crippen LogP contribution in [0.1, 0.15) is 23.5 Å². The standard InChI is InChI=1S/C28H22O12/c1-36-18-6-4-12(8-19(18)38-11-22(33)37-2)14-9-21(32)39-20-10-17(31)24-25(34)26(35)27(40-28(24)23(14)20)13-3-5-15(29)16(30)7-13/h3-8,10,14,29-31,35H,9,11H2,1-2H3/t14-/m0/s1. The Hall–Kier alpha value is -5.39. The molecule has 3 aromatic carbocycles. The predicted octanol–water partition coefficient (Wildman–Crippen LogP) is 3.28. The number of methoxy groups -OCH3 is 2. The van der Waals surface area contributed by atoms with Crippen LogP contribution in [0.4, 0.5) is 0 Å². The molecule has 206 valence electrons. The van der Waals surface area contributed by atoms with Gasteiger partial charge in [-0.3, -0.25) is 9.59 Å². The van der Waals surface area contributed by atoms with Gasteiger partial charge in [0.2, 0.25) is 11.2 Å². The summed E-state index contributed by atoms with van der Waals surface area (Å²) in [6.45, 7) is -0.409. The molecule has 0 fully saturated rings. The van der Waals surface area contributed by atoms with Gasteiger partial charge < -0.3 is 43.8 Å². The second-order valence-corrected chi connectivity index (χ2v) is 8.83. The first-order valence-corrected chi connectivity index (χ1v) is 11.8. The van der Waals surface area contributed by atoms with Gasteiger partial charge in [-0.05, 0) is 35.9 Å². The zero-order valence-corrected chi connectivity index (χ0v) is 21.1. The van der Waals surface area contributed by atoms with Gasteiger partial charge in [0.15, 0.2) is 35.4 Å². The number of hydrogen-bond donors (Lipinski definition) is 4. The summed E-state index contributed by atoms with van der Waals surface area (Å²) < 4.78 is 26.8. The van der Waals surface area contributed by atoms with Crippen molar-refractivity contribution in [1.82, 2.24) is 0 Å². The lowest BCUT2D eigenvalue weighted by molar-refractivity contribution is -0.143. The molecule has 4 N–H and O–H groups in total. The molecule has 2 heterocycles. The zero-order chi connectivity index (χ0) is 28.7. The molecule has 1 aliphatic heterocycles. The van der Waals surface area contributed by atoms with Crippen molar-refractivity contribution in [2.45, 2.75) is 12.3 Å². The van der Waals surface area contributed by atoms with E-state index < -0.39 is 52.9 Å². The van der Waals surface area contributed by atoms with Crippen LogP contribution in [0.25, 0.3) is 22.3 Å². The van der Waals surface area contributed by atoms with Crippen LogP contribution in [0.15, 0.2) is 51.7 Å². The Bertz CT molecular complexity index is 1740. The monoisotopic (exact) mass is 550 g/mol.